The highest BCUT2D eigenvalue weighted by Gasteiger charge is 2.02. The highest BCUT2D eigenvalue weighted by Crippen LogP contribution is 2.21. The first kappa shape index (κ1) is 12.1. The molecule has 17 heavy (non-hydrogen) atoms. The van der Waals surface area contributed by atoms with Crippen molar-refractivity contribution in [1.29, 1.82) is 0 Å². The first-order valence-electron chi connectivity index (χ1n) is 5.42. The molecule has 88 valence electrons. The van der Waals surface area contributed by atoms with E-state index in [9.17, 15) is 0 Å². The van der Waals surface area contributed by atoms with Crippen LogP contribution in [0.2, 0.25) is 5.02 Å². The second-order valence-electron chi connectivity index (χ2n) is 3.48. The van der Waals surface area contributed by atoms with Gasteiger partial charge in [-0.25, -0.2) is 0 Å². The Morgan fingerprint density at radius 3 is 2.76 bits per heavy atom. The fourth-order valence-corrected chi connectivity index (χ4v) is 2.40. The van der Waals surface area contributed by atoms with Gasteiger partial charge in [0.2, 0.25) is 0 Å². The highest BCUT2D eigenvalue weighted by molar-refractivity contribution is 7.12. The zero-order valence-electron chi connectivity index (χ0n) is 9.48. The number of thiophene rings is 1. The molecule has 0 bridgehead atoms. The second-order valence-corrected chi connectivity index (χ2v) is 4.84. The molecule has 2 aromatic rings. The maximum atomic E-state index is 6.05. The van der Waals surface area contributed by atoms with Crippen LogP contribution in [0, 0.1) is 0 Å². The molecule has 2 nitrogen and oxygen atoms in total. The molecule has 1 aromatic heterocycles. The topological polar surface area (TPSA) is 24.4 Å². The molecular formula is C13H13ClN2S. The van der Waals surface area contributed by atoms with Crippen LogP contribution in [0.15, 0.2) is 46.9 Å². The third-order valence-corrected chi connectivity index (χ3v) is 3.57. The third-order valence-electron chi connectivity index (χ3n) is 2.33. The third kappa shape index (κ3) is 3.08. The minimum absolute atomic E-state index is 0.679. The first-order chi connectivity index (χ1) is 8.31. The van der Waals surface area contributed by atoms with Crippen molar-refractivity contribution in [2.75, 3.05) is 5.43 Å². The molecule has 2 rings (SSSR count). The van der Waals surface area contributed by atoms with Gasteiger partial charge in [0, 0.05) is 0 Å². The summed E-state index contributed by atoms with van der Waals surface area (Å²) in [5, 5.41) is 7.14. The van der Waals surface area contributed by atoms with Crippen molar-refractivity contribution >= 4 is 34.3 Å². The van der Waals surface area contributed by atoms with Gasteiger partial charge in [0.1, 0.15) is 0 Å². The Balaban J connectivity index is 2.17. The summed E-state index contributed by atoms with van der Waals surface area (Å²) in [5.41, 5.74) is 4.89. The standard InChI is InChI=1S/C13H13ClN2S/c1-2-11(13-8-5-9-17-13)15-16-12-7-4-3-6-10(12)14/h3-9,16H,2H2,1H3/b15-11-. The number of nitrogens with zero attached hydrogens (tertiary/aromatic N) is 1. The Hall–Kier alpha value is -1.32. The number of nitrogens with one attached hydrogen (secondary N) is 1. The maximum Gasteiger partial charge on any atom is 0.0776 e. The van der Waals surface area contributed by atoms with Gasteiger partial charge in [-0.05, 0) is 30.0 Å². The van der Waals surface area contributed by atoms with Crippen LogP contribution in [0.3, 0.4) is 0 Å². The van der Waals surface area contributed by atoms with Crippen LogP contribution >= 0.6 is 22.9 Å². The zero-order chi connectivity index (χ0) is 12.1. The van der Waals surface area contributed by atoms with E-state index in [0.29, 0.717) is 5.02 Å². The molecule has 1 N–H and O–H groups in total. The lowest BCUT2D eigenvalue weighted by Gasteiger charge is -2.05. The Bertz CT molecular complexity index is 506. The van der Waals surface area contributed by atoms with Gasteiger partial charge in [-0.1, -0.05) is 36.7 Å². The molecule has 1 aromatic carbocycles. The quantitative estimate of drug-likeness (QED) is 0.632. The molecule has 0 saturated carbocycles. The lowest BCUT2D eigenvalue weighted by Crippen LogP contribution is -2.01. The average molecular weight is 265 g/mol. The molecule has 0 aliphatic carbocycles. The summed E-state index contributed by atoms with van der Waals surface area (Å²) in [7, 11) is 0. The number of halogens is 1. The minimum atomic E-state index is 0.679. The molecule has 0 fully saturated rings. The van der Waals surface area contributed by atoms with E-state index in [1.807, 2.05) is 30.3 Å². The van der Waals surface area contributed by atoms with E-state index in [0.717, 1.165) is 17.8 Å². The van der Waals surface area contributed by atoms with Gasteiger partial charge in [0.25, 0.3) is 0 Å². The largest absolute Gasteiger partial charge is 0.277 e. The molecule has 0 radical (unpaired) electrons. The van der Waals surface area contributed by atoms with Crippen molar-refractivity contribution in [2.45, 2.75) is 13.3 Å². The molecule has 1 heterocycles. The predicted octanol–water partition coefficient (Wildman–Crippen LogP) is 4.63. The second kappa shape index (κ2) is 5.84. The van der Waals surface area contributed by atoms with Gasteiger partial charge in [0.15, 0.2) is 0 Å². The number of hydrazone groups is 1. The van der Waals surface area contributed by atoms with E-state index in [1.54, 1.807) is 11.3 Å². The van der Waals surface area contributed by atoms with Crippen LogP contribution in [0.5, 0.6) is 0 Å². The van der Waals surface area contributed by atoms with Crippen LogP contribution in [0.25, 0.3) is 0 Å². The van der Waals surface area contributed by atoms with Crippen molar-refractivity contribution in [2.24, 2.45) is 5.10 Å². The Labute approximate surface area is 110 Å². The maximum absolute atomic E-state index is 6.05. The van der Waals surface area contributed by atoms with E-state index in [2.05, 4.69) is 28.9 Å². The molecule has 0 saturated heterocycles. The van der Waals surface area contributed by atoms with E-state index in [1.165, 1.54) is 4.88 Å². The summed E-state index contributed by atoms with van der Waals surface area (Å²) in [5.74, 6) is 0. The van der Waals surface area contributed by atoms with Crippen LogP contribution in [-0.4, -0.2) is 5.71 Å². The number of anilines is 1. The minimum Gasteiger partial charge on any atom is -0.277 e. The summed E-state index contributed by atoms with van der Waals surface area (Å²) in [6, 6.07) is 11.7. The summed E-state index contributed by atoms with van der Waals surface area (Å²) < 4.78 is 0. The van der Waals surface area contributed by atoms with Crippen LogP contribution in [-0.2, 0) is 0 Å². The number of benzene rings is 1. The molecule has 0 unspecified atom stereocenters. The molecule has 0 spiro atoms. The molecule has 0 atom stereocenters. The van der Waals surface area contributed by atoms with Crippen LogP contribution in [0.4, 0.5) is 5.69 Å². The SMILES string of the molecule is CC/C(=N/Nc1ccccc1Cl)c1cccs1. The summed E-state index contributed by atoms with van der Waals surface area (Å²) in [6.07, 6.45) is 0.887. The zero-order valence-corrected chi connectivity index (χ0v) is 11.1. The summed E-state index contributed by atoms with van der Waals surface area (Å²) in [4.78, 5) is 1.19. The van der Waals surface area contributed by atoms with Gasteiger partial charge in [0.05, 0.1) is 21.3 Å². The van der Waals surface area contributed by atoms with E-state index in [4.69, 9.17) is 11.6 Å². The number of para-hydroxylation sites is 1. The predicted molar refractivity (Wildman–Crippen MR) is 76.2 cm³/mol. The summed E-state index contributed by atoms with van der Waals surface area (Å²) in [6.45, 7) is 2.09. The normalized spacial score (nSPS) is 11.5. The smallest absolute Gasteiger partial charge is 0.0776 e. The lowest BCUT2D eigenvalue weighted by molar-refractivity contribution is 1.23. The fourth-order valence-electron chi connectivity index (χ4n) is 1.43. The molecule has 0 aliphatic heterocycles. The molecule has 0 amide bonds. The molecule has 4 heteroatoms. The lowest BCUT2D eigenvalue weighted by atomic mass is 10.2. The van der Waals surface area contributed by atoms with Gasteiger partial charge >= 0.3 is 0 Å². The van der Waals surface area contributed by atoms with Crippen molar-refractivity contribution in [3.05, 3.63) is 51.7 Å². The van der Waals surface area contributed by atoms with E-state index < -0.39 is 0 Å². The first-order valence-corrected chi connectivity index (χ1v) is 6.68. The number of rotatable bonds is 4. The van der Waals surface area contributed by atoms with Crippen molar-refractivity contribution in [3.8, 4) is 0 Å². The van der Waals surface area contributed by atoms with Crippen LogP contribution in [0.1, 0.15) is 18.2 Å². The van der Waals surface area contributed by atoms with Crippen molar-refractivity contribution in [1.82, 2.24) is 0 Å². The van der Waals surface area contributed by atoms with Gasteiger partial charge < -0.3 is 0 Å². The van der Waals surface area contributed by atoms with Gasteiger partial charge in [-0.2, -0.15) is 5.10 Å². The summed E-state index contributed by atoms with van der Waals surface area (Å²) >= 11 is 7.74. The Morgan fingerprint density at radius 1 is 1.29 bits per heavy atom. The van der Waals surface area contributed by atoms with Gasteiger partial charge in [-0.3, -0.25) is 5.43 Å². The fraction of sp³-hybridized carbons (Fsp3) is 0.154. The number of hydrogen-bond acceptors (Lipinski definition) is 3. The van der Waals surface area contributed by atoms with E-state index >= 15 is 0 Å². The van der Waals surface area contributed by atoms with Crippen molar-refractivity contribution in [3.63, 3.8) is 0 Å². The van der Waals surface area contributed by atoms with Crippen molar-refractivity contribution < 1.29 is 0 Å². The van der Waals surface area contributed by atoms with Crippen LogP contribution < -0.4 is 5.43 Å². The monoisotopic (exact) mass is 264 g/mol. The molecular weight excluding hydrogens is 252 g/mol. The van der Waals surface area contributed by atoms with Gasteiger partial charge in [-0.15, -0.1) is 11.3 Å². The number of hydrogen-bond donors (Lipinski definition) is 1. The molecule has 0 aliphatic rings. The average Bonchev–Trinajstić information content (AvgIpc) is 2.86. The Morgan fingerprint density at radius 2 is 2.12 bits per heavy atom. The Kier molecular flexibility index (Phi) is 4.18. The van der Waals surface area contributed by atoms with E-state index in [-0.39, 0.29) is 0 Å². The highest BCUT2D eigenvalue weighted by atomic mass is 35.5.